The first-order chi connectivity index (χ1) is 10.6. The molecule has 112 valence electrons. The van der Waals surface area contributed by atoms with Crippen LogP contribution in [-0.2, 0) is 16.4 Å². The van der Waals surface area contributed by atoms with Gasteiger partial charge in [0.2, 0.25) is 10.0 Å². The van der Waals surface area contributed by atoms with Crippen molar-refractivity contribution in [1.82, 2.24) is 4.72 Å². The molecule has 0 fully saturated rings. The largest absolute Gasteiger partial charge is 0.488 e. The highest BCUT2D eigenvalue weighted by Gasteiger charge is 2.24. The van der Waals surface area contributed by atoms with E-state index in [1.807, 2.05) is 30.3 Å². The molecule has 1 aliphatic heterocycles. The van der Waals surface area contributed by atoms with Crippen LogP contribution in [0, 0.1) is 11.3 Å². The van der Waals surface area contributed by atoms with Crippen LogP contribution < -0.4 is 9.46 Å². The van der Waals surface area contributed by atoms with Crippen LogP contribution in [0.3, 0.4) is 0 Å². The van der Waals surface area contributed by atoms with Crippen LogP contribution in [0.5, 0.6) is 5.75 Å². The van der Waals surface area contributed by atoms with E-state index in [1.165, 1.54) is 24.3 Å². The molecule has 0 radical (unpaired) electrons. The first-order valence-corrected chi connectivity index (χ1v) is 8.31. The smallest absolute Gasteiger partial charge is 0.240 e. The molecule has 1 atom stereocenters. The number of nitriles is 1. The number of sulfonamides is 1. The summed E-state index contributed by atoms with van der Waals surface area (Å²) in [7, 11) is -3.60. The lowest BCUT2D eigenvalue weighted by molar-refractivity contribution is 0.236. The van der Waals surface area contributed by atoms with Gasteiger partial charge in [-0.25, -0.2) is 13.1 Å². The van der Waals surface area contributed by atoms with Crippen LogP contribution >= 0.6 is 0 Å². The first kappa shape index (κ1) is 14.6. The van der Waals surface area contributed by atoms with Crippen LogP contribution in [0.2, 0.25) is 0 Å². The number of hydrogen-bond acceptors (Lipinski definition) is 4. The second-order valence-electron chi connectivity index (χ2n) is 5.04. The van der Waals surface area contributed by atoms with Gasteiger partial charge in [0.15, 0.2) is 0 Å². The highest BCUT2D eigenvalue weighted by molar-refractivity contribution is 7.89. The summed E-state index contributed by atoms with van der Waals surface area (Å²) in [5.74, 6) is 0.810. The fourth-order valence-electron chi connectivity index (χ4n) is 2.36. The maximum atomic E-state index is 12.2. The molecule has 0 aliphatic carbocycles. The normalized spacial score (nSPS) is 16.6. The second-order valence-corrected chi connectivity index (χ2v) is 6.81. The van der Waals surface area contributed by atoms with Gasteiger partial charge in [0.25, 0.3) is 0 Å². The lowest BCUT2D eigenvalue weighted by atomic mass is 10.1. The van der Waals surface area contributed by atoms with Gasteiger partial charge in [-0.1, -0.05) is 18.2 Å². The third-order valence-corrected chi connectivity index (χ3v) is 4.95. The number of hydrogen-bond donors (Lipinski definition) is 1. The summed E-state index contributed by atoms with van der Waals surface area (Å²) in [5, 5.41) is 8.73. The van der Waals surface area contributed by atoms with Gasteiger partial charge >= 0.3 is 0 Å². The van der Waals surface area contributed by atoms with E-state index in [-0.39, 0.29) is 17.5 Å². The molecule has 0 amide bonds. The monoisotopic (exact) mass is 314 g/mol. The van der Waals surface area contributed by atoms with E-state index in [9.17, 15) is 8.42 Å². The minimum Gasteiger partial charge on any atom is -0.488 e. The summed E-state index contributed by atoms with van der Waals surface area (Å²) < 4.78 is 32.7. The minimum absolute atomic E-state index is 0.141. The zero-order valence-corrected chi connectivity index (χ0v) is 12.5. The minimum atomic E-state index is -3.60. The number of para-hydroxylation sites is 1. The highest BCUT2D eigenvalue weighted by Crippen LogP contribution is 2.27. The van der Waals surface area contributed by atoms with E-state index in [2.05, 4.69) is 4.72 Å². The number of fused-ring (bicyclic) bond motifs is 1. The second kappa shape index (κ2) is 5.79. The highest BCUT2D eigenvalue weighted by atomic mass is 32.2. The Hall–Kier alpha value is -2.36. The van der Waals surface area contributed by atoms with Crippen molar-refractivity contribution >= 4 is 10.0 Å². The summed E-state index contributed by atoms with van der Waals surface area (Å²) in [6.45, 7) is 0.205. The fourth-order valence-corrected chi connectivity index (χ4v) is 3.43. The Bertz CT molecular complexity index is 798. The summed E-state index contributed by atoms with van der Waals surface area (Å²) in [6.07, 6.45) is 0.483. The molecule has 1 N–H and O–H groups in total. The molecule has 5 nitrogen and oxygen atoms in total. The fraction of sp³-hybridized carbons (Fsp3) is 0.188. The Labute approximate surface area is 129 Å². The van der Waals surface area contributed by atoms with Crippen LogP contribution in [0.4, 0.5) is 0 Å². The van der Waals surface area contributed by atoms with Crippen molar-refractivity contribution in [2.45, 2.75) is 17.4 Å². The summed E-state index contributed by atoms with van der Waals surface area (Å²) >= 11 is 0. The molecule has 0 saturated heterocycles. The summed E-state index contributed by atoms with van der Waals surface area (Å²) in [6, 6.07) is 15.4. The van der Waals surface area contributed by atoms with E-state index in [0.717, 1.165) is 11.3 Å². The van der Waals surface area contributed by atoms with Gasteiger partial charge in [0.05, 0.1) is 16.5 Å². The molecule has 0 bridgehead atoms. The van der Waals surface area contributed by atoms with Crippen LogP contribution in [0.15, 0.2) is 53.4 Å². The number of ether oxygens (including phenoxy) is 1. The number of benzene rings is 2. The molecule has 0 aromatic heterocycles. The van der Waals surface area contributed by atoms with Gasteiger partial charge < -0.3 is 4.74 Å². The Balaban J connectivity index is 1.65. The molecule has 0 spiro atoms. The molecule has 22 heavy (non-hydrogen) atoms. The van der Waals surface area contributed by atoms with Crippen LogP contribution in [-0.4, -0.2) is 21.1 Å². The van der Waals surface area contributed by atoms with Crippen molar-refractivity contribution in [3.63, 3.8) is 0 Å². The predicted octanol–water partition coefficient (Wildman–Crippen LogP) is 1.84. The van der Waals surface area contributed by atoms with E-state index in [1.54, 1.807) is 0 Å². The number of nitrogens with one attached hydrogen (secondary N) is 1. The number of rotatable bonds is 4. The van der Waals surface area contributed by atoms with E-state index < -0.39 is 10.0 Å². The maximum absolute atomic E-state index is 12.2. The maximum Gasteiger partial charge on any atom is 0.240 e. The first-order valence-electron chi connectivity index (χ1n) is 6.83. The molecule has 3 rings (SSSR count). The van der Waals surface area contributed by atoms with E-state index in [0.29, 0.717) is 12.0 Å². The van der Waals surface area contributed by atoms with Crippen molar-refractivity contribution in [2.75, 3.05) is 6.54 Å². The average molecular weight is 314 g/mol. The summed E-state index contributed by atoms with van der Waals surface area (Å²) in [4.78, 5) is 0.141. The lowest BCUT2D eigenvalue weighted by Crippen LogP contribution is -2.34. The van der Waals surface area contributed by atoms with Gasteiger partial charge in [-0.3, -0.25) is 0 Å². The quantitative estimate of drug-likeness (QED) is 0.934. The van der Waals surface area contributed by atoms with Crippen molar-refractivity contribution < 1.29 is 13.2 Å². The molecule has 2 aromatic carbocycles. The molecule has 1 aliphatic rings. The average Bonchev–Trinajstić information content (AvgIpc) is 2.96. The van der Waals surface area contributed by atoms with Gasteiger partial charge in [0.1, 0.15) is 11.9 Å². The van der Waals surface area contributed by atoms with Crippen LogP contribution in [0.25, 0.3) is 0 Å². The Morgan fingerprint density at radius 1 is 1.18 bits per heavy atom. The van der Waals surface area contributed by atoms with Gasteiger partial charge in [0, 0.05) is 13.0 Å². The molecule has 0 unspecified atom stereocenters. The van der Waals surface area contributed by atoms with Crippen molar-refractivity contribution in [1.29, 1.82) is 5.26 Å². The van der Waals surface area contributed by atoms with Gasteiger partial charge in [-0.05, 0) is 35.9 Å². The van der Waals surface area contributed by atoms with Crippen molar-refractivity contribution in [2.24, 2.45) is 0 Å². The van der Waals surface area contributed by atoms with Gasteiger partial charge in [-0.2, -0.15) is 5.26 Å². The molecular formula is C16H14N2O3S. The summed E-state index contributed by atoms with van der Waals surface area (Å²) in [5.41, 5.74) is 1.51. The molecule has 6 heteroatoms. The predicted molar refractivity (Wildman–Crippen MR) is 80.9 cm³/mol. The Kier molecular flexibility index (Phi) is 3.84. The standard InChI is InChI=1S/C16H14N2O3S/c17-10-12-5-7-15(8-6-12)22(19,20)18-11-14-9-13-3-1-2-4-16(13)21-14/h1-8,14,18H,9,11H2/t14-/m1/s1. The topological polar surface area (TPSA) is 79.2 Å². The van der Waals surface area contributed by atoms with E-state index >= 15 is 0 Å². The molecule has 0 saturated carbocycles. The Morgan fingerprint density at radius 3 is 2.59 bits per heavy atom. The zero-order valence-electron chi connectivity index (χ0n) is 11.7. The SMILES string of the molecule is N#Cc1ccc(S(=O)(=O)NC[C@H]2Cc3ccccc3O2)cc1. The third kappa shape index (κ3) is 2.96. The third-order valence-electron chi connectivity index (χ3n) is 3.51. The van der Waals surface area contributed by atoms with Crippen molar-refractivity contribution in [3.8, 4) is 11.8 Å². The molecule has 1 heterocycles. The molecular weight excluding hydrogens is 300 g/mol. The lowest BCUT2D eigenvalue weighted by Gasteiger charge is -2.12. The van der Waals surface area contributed by atoms with E-state index in [4.69, 9.17) is 10.00 Å². The number of nitrogens with zero attached hydrogens (tertiary/aromatic N) is 1. The molecule has 2 aromatic rings. The zero-order chi connectivity index (χ0) is 15.6. The van der Waals surface area contributed by atoms with Gasteiger partial charge in [-0.15, -0.1) is 0 Å². The Morgan fingerprint density at radius 2 is 1.91 bits per heavy atom. The van der Waals surface area contributed by atoms with Crippen LogP contribution in [0.1, 0.15) is 11.1 Å². The van der Waals surface area contributed by atoms with Crippen molar-refractivity contribution in [3.05, 3.63) is 59.7 Å².